The van der Waals surface area contributed by atoms with Crippen molar-refractivity contribution in [1.29, 1.82) is 0 Å². The molecule has 0 saturated heterocycles. The zero-order valence-corrected chi connectivity index (χ0v) is 18.6. The Morgan fingerprint density at radius 2 is 1.05 bits per heavy atom. The minimum atomic E-state index is -0.833. The quantitative estimate of drug-likeness (QED) is 0.412. The van der Waals surface area contributed by atoms with Gasteiger partial charge in [0, 0.05) is 20.8 Å². The number of benzene rings is 1. The van der Waals surface area contributed by atoms with Crippen molar-refractivity contribution in [3.05, 3.63) is 27.7 Å². The van der Waals surface area contributed by atoms with Gasteiger partial charge in [-0.3, -0.25) is 14.4 Å². The van der Waals surface area contributed by atoms with Crippen LogP contribution in [-0.2, 0) is 14.4 Å². The molecule has 3 N–H and O–H groups in total. The molecule has 0 atom stereocenters. The van der Waals surface area contributed by atoms with Crippen molar-refractivity contribution in [3.8, 4) is 0 Å². The Kier molecular flexibility index (Phi) is 17.6. The van der Waals surface area contributed by atoms with Gasteiger partial charge < -0.3 is 15.3 Å². The first-order valence-electron chi connectivity index (χ1n) is 5.88. The van der Waals surface area contributed by atoms with Gasteiger partial charge in [-0.25, -0.2) is 0 Å². The molecule has 0 amide bonds. The molecule has 0 aliphatic rings. The fraction of sp³-hybridized carbons (Fsp3) is 0.357. The second-order valence-electron chi connectivity index (χ2n) is 3.97. The molecule has 6 nitrogen and oxygen atoms in total. The number of halogens is 1. The summed E-state index contributed by atoms with van der Waals surface area (Å²) in [7, 11) is 0. The van der Waals surface area contributed by atoms with Crippen LogP contribution in [0.4, 0.5) is 0 Å². The molecule has 22 heavy (non-hydrogen) atoms. The van der Waals surface area contributed by atoms with Crippen molar-refractivity contribution < 1.29 is 29.7 Å². The van der Waals surface area contributed by atoms with E-state index in [0.717, 1.165) is 46.5 Å². The zero-order chi connectivity index (χ0) is 18.5. The van der Waals surface area contributed by atoms with E-state index in [4.69, 9.17) is 29.7 Å². The van der Waals surface area contributed by atoms with Crippen molar-refractivity contribution in [3.63, 3.8) is 0 Å². The number of aliphatic carboxylic acids is 3. The van der Waals surface area contributed by atoms with Crippen LogP contribution in [0.5, 0.6) is 0 Å². The number of carbonyl (C=O) groups is 3. The summed E-state index contributed by atoms with van der Waals surface area (Å²) in [5, 5.41) is 22.2. The monoisotopic (exact) mass is 571 g/mol. The number of hydrogen-bond donors (Lipinski definition) is 3. The van der Waals surface area contributed by atoms with E-state index in [2.05, 4.69) is 41.9 Å². The minimum absolute atomic E-state index is 0.833. The molecule has 0 fully saturated rings. The van der Waals surface area contributed by atoms with Crippen LogP contribution < -0.4 is 3.12 Å². The van der Waals surface area contributed by atoms with Gasteiger partial charge in [-0.1, -0.05) is 0 Å². The van der Waals surface area contributed by atoms with Crippen LogP contribution in [0.2, 0.25) is 0 Å². The molecule has 1 aromatic carbocycles. The first kappa shape index (κ1) is 26.0. The first-order valence-corrected chi connectivity index (χ1v) is 8.61. The predicted octanol–water partition coefficient (Wildman–Crippen LogP) is 2.13. The molecule has 0 bridgehead atoms. The summed E-state index contributed by atoms with van der Waals surface area (Å²) in [5.74, 6) is -2.50. The van der Waals surface area contributed by atoms with Gasteiger partial charge in [-0.05, 0) is 0 Å². The van der Waals surface area contributed by atoms with Gasteiger partial charge in [0.1, 0.15) is 0 Å². The average molecular weight is 571 g/mol. The van der Waals surface area contributed by atoms with Gasteiger partial charge >= 0.3 is 86.4 Å². The van der Waals surface area contributed by atoms with E-state index in [9.17, 15) is 0 Å². The fourth-order valence-corrected chi connectivity index (χ4v) is 2.16. The van der Waals surface area contributed by atoms with Gasteiger partial charge in [0.25, 0.3) is 17.9 Å². The summed E-state index contributed by atoms with van der Waals surface area (Å²) in [6, 6.07) is 4.35. The maximum atomic E-state index is 9.00. The summed E-state index contributed by atoms with van der Waals surface area (Å²) in [6.45, 7) is 7.58. The fourth-order valence-electron chi connectivity index (χ4n) is 0.911. The molecule has 0 heterocycles. The standard InChI is InChI=1S/C8H8Br.3C2H4O2.Pb/c1-6-3-7(2)5-8(9)4-6;3*1-2(3)4;/h4-5H,1-2H3;3*1H3,(H,3,4);. The molecule has 8 heteroatoms. The Hall–Kier alpha value is -0.968. The Bertz CT molecular complexity index is 439. The third kappa shape index (κ3) is 27.4. The molecule has 3 radical (unpaired) electrons. The molecule has 1 rings (SSSR count). The Morgan fingerprint density at radius 3 is 1.23 bits per heavy atom. The number of carboxylic acid groups (broad SMARTS) is 3. The summed E-state index contributed by atoms with van der Waals surface area (Å²) < 4.78 is 2.73. The molecule has 0 aliphatic heterocycles. The Labute approximate surface area is 154 Å². The summed E-state index contributed by atoms with van der Waals surface area (Å²) in [6.07, 6.45) is 0. The van der Waals surface area contributed by atoms with E-state index < -0.39 is 17.9 Å². The van der Waals surface area contributed by atoms with Crippen molar-refractivity contribution >= 4 is 62.7 Å². The topological polar surface area (TPSA) is 112 Å². The molecule has 123 valence electrons. The molecule has 0 aromatic heterocycles. The molecule has 0 unspecified atom stereocenters. The van der Waals surface area contributed by atoms with Crippen molar-refractivity contribution in [2.75, 3.05) is 0 Å². The third-order valence-electron chi connectivity index (χ3n) is 1.50. The zero-order valence-electron chi connectivity index (χ0n) is 13.1. The van der Waals surface area contributed by atoms with Crippen molar-refractivity contribution in [1.82, 2.24) is 0 Å². The van der Waals surface area contributed by atoms with E-state index >= 15 is 0 Å². The molecule has 0 spiro atoms. The van der Waals surface area contributed by atoms with Crippen LogP contribution in [0, 0.1) is 13.8 Å². The second kappa shape index (κ2) is 14.9. The van der Waals surface area contributed by atoms with E-state index in [-0.39, 0.29) is 0 Å². The molecule has 0 aliphatic carbocycles. The average Bonchev–Trinajstić information content (AvgIpc) is 2.23. The molecule has 0 saturated carbocycles. The van der Waals surface area contributed by atoms with Gasteiger partial charge in [-0.2, -0.15) is 0 Å². The first-order chi connectivity index (χ1) is 9.81. The third-order valence-corrected chi connectivity index (χ3v) is 5.02. The summed E-state index contributed by atoms with van der Waals surface area (Å²) in [4.78, 5) is 27.0. The maximum absolute atomic E-state index is 9.00. The van der Waals surface area contributed by atoms with Gasteiger partial charge in [-0.15, -0.1) is 0 Å². The number of carboxylic acids is 3. The Morgan fingerprint density at radius 1 is 0.864 bits per heavy atom. The predicted molar refractivity (Wildman–Crippen MR) is 88.9 cm³/mol. The number of rotatable bonds is 0. The van der Waals surface area contributed by atoms with Crippen molar-refractivity contribution in [2.24, 2.45) is 0 Å². The van der Waals surface area contributed by atoms with E-state index in [1.165, 1.54) is 18.7 Å². The second-order valence-corrected chi connectivity index (χ2v) is 6.83. The van der Waals surface area contributed by atoms with Crippen LogP contribution in [0.25, 0.3) is 0 Å². The van der Waals surface area contributed by atoms with Crippen LogP contribution in [0.3, 0.4) is 0 Å². The van der Waals surface area contributed by atoms with Crippen LogP contribution in [0.1, 0.15) is 31.9 Å². The number of aryl methyl sites for hydroxylation is 2. The van der Waals surface area contributed by atoms with E-state index in [1.54, 1.807) is 0 Å². The normalized spacial score (nSPS) is 7.95. The van der Waals surface area contributed by atoms with Gasteiger partial charge in [0.2, 0.25) is 0 Å². The number of hydrogen-bond acceptors (Lipinski definition) is 3. The molecular weight excluding hydrogens is 551 g/mol. The molecular formula is C14H20BrO6Pb. The van der Waals surface area contributed by atoms with E-state index in [0.29, 0.717) is 0 Å². The van der Waals surface area contributed by atoms with Gasteiger partial charge in [0.05, 0.1) is 0 Å². The summed E-state index contributed by atoms with van der Waals surface area (Å²) in [5.41, 5.74) is 2.83. The SMILES string of the molecule is CC(=O)O.CC(=O)O.CC(=O)O.Cc1cc(Br)cc(C)[c]1[Pb]. The summed E-state index contributed by atoms with van der Waals surface area (Å²) >= 11 is 4.62. The Balaban J connectivity index is -0.000000253. The van der Waals surface area contributed by atoms with Crippen LogP contribution >= 0.6 is 15.9 Å². The van der Waals surface area contributed by atoms with Gasteiger partial charge in [0.15, 0.2) is 0 Å². The van der Waals surface area contributed by atoms with E-state index in [1.807, 2.05) is 0 Å². The van der Waals surface area contributed by atoms with Crippen LogP contribution in [-0.4, -0.2) is 59.0 Å². The molecule has 1 aromatic rings. The van der Waals surface area contributed by atoms with Crippen LogP contribution in [0.15, 0.2) is 16.6 Å². The van der Waals surface area contributed by atoms with Crippen molar-refractivity contribution in [2.45, 2.75) is 34.6 Å².